The van der Waals surface area contributed by atoms with Crippen molar-refractivity contribution in [2.75, 3.05) is 12.9 Å². The van der Waals surface area contributed by atoms with Crippen LogP contribution in [0.4, 0.5) is 0 Å². The van der Waals surface area contributed by atoms with Crippen molar-refractivity contribution in [1.29, 1.82) is 5.41 Å². The van der Waals surface area contributed by atoms with Crippen molar-refractivity contribution in [2.24, 2.45) is 9.39 Å². The van der Waals surface area contributed by atoms with Gasteiger partial charge in [0.1, 0.15) is 11.6 Å². The monoisotopic (exact) mass is 411 g/mol. The third-order valence-electron chi connectivity index (χ3n) is 4.19. The summed E-state index contributed by atoms with van der Waals surface area (Å²) < 4.78 is 11.5. The van der Waals surface area contributed by atoms with E-state index in [4.69, 9.17) is 10.1 Å². The molecule has 3 heterocycles. The molecule has 1 aromatic carbocycles. The van der Waals surface area contributed by atoms with Gasteiger partial charge in [0, 0.05) is 17.6 Å². The number of amides is 1. The molecule has 0 saturated carbocycles. The van der Waals surface area contributed by atoms with Gasteiger partial charge in [-0.1, -0.05) is 18.7 Å². The van der Waals surface area contributed by atoms with Crippen LogP contribution in [0.3, 0.4) is 0 Å². The van der Waals surface area contributed by atoms with Crippen LogP contribution < -0.4 is 4.74 Å². The summed E-state index contributed by atoms with van der Waals surface area (Å²) >= 11 is 2.65. The Morgan fingerprint density at radius 3 is 2.79 bits per heavy atom. The number of carbonyl (C=O) groups excluding carboxylic acids is 1. The van der Waals surface area contributed by atoms with Crippen LogP contribution in [0.2, 0.25) is 0 Å². The minimum atomic E-state index is -0.427. The molecule has 1 aromatic heterocycles. The molecule has 0 spiro atoms. The molecule has 0 radical (unpaired) electrons. The van der Waals surface area contributed by atoms with E-state index in [1.165, 1.54) is 11.8 Å². The molecule has 2 aromatic rings. The van der Waals surface area contributed by atoms with E-state index in [1.54, 1.807) is 18.1 Å². The minimum absolute atomic E-state index is 0.0992. The third-order valence-corrected chi connectivity index (χ3v) is 5.83. The maximum Gasteiger partial charge on any atom is 0.283 e. The number of nitrogens with one attached hydrogen (secondary N) is 1. The van der Waals surface area contributed by atoms with E-state index in [0.29, 0.717) is 10.3 Å². The summed E-state index contributed by atoms with van der Waals surface area (Å²) in [5.74, 6) is 1.27. The number of benzene rings is 1. The van der Waals surface area contributed by atoms with Gasteiger partial charge >= 0.3 is 0 Å². The van der Waals surface area contributed by atoms with Crippen LogP contribution in [0.25, 0.3) is 11.8 Å². The molecule has 142 valence electrons. The fourth-order valence-corrected chi connectivity index (χ4v) is 4.43. The first-order valence-corrected chi connectivity index (χ1v) is 10.3. The van der Waals surface area contributed by atoms with E-state index in [9.17, 15) is 4.79 Å². The van der Waals surface area contributed by atoms with Crippen LogP contribution in [-0.4, -0.2) is 44.4 Å². The van der Waals surface area contributed by atoms with E-state index in [0.717, 1.165) is 34.8 Å². The Balaban J connectivity index is 1.70. The van der Waals surface area contributed by atoms with Gasteiger partial charge in [0.2, 0.25) is 5.17 Å². The Morgan fingerprint density at radius 1 is 1.29 bits per heavy atom. The van der Waals surface area contributed by atoms with Gasteiger partial charge in [-0.05, 0) is 48.2 Å². The highest BCUT2D eigenvalue weighted by Crippen LogP contribution is 2.32. The number of hydrogen-bond donors (Lipinski definition) is 1. The van der Waals surface area contributed by atoms with Gasteiger partial charge in [-0.2, -0.15) is 9.39 Å². The topological polar surface area (TPSA) is 83.0 Å². The van der Waals surface area contributed by atoms with Gasteiger partial charge < -0.3 is 9.30 Å². The zero-order valence-corrected chi connectivity index (χ0v) is 16.9. The molecule has 0 atom stereocenters. The summed E-state index contributed by atoms with van der Waals surface area (Å²) in [4.78, 5) is 18.3. The molecule has 0 fully saturated rings. The van der Waals surface area contributed by atoms with E-state index < -0.39 is 5.91 Å². The fraction of sp³-hybridized carbons (Fsp3) is 0.158. The first-order valence-electron chi connectivity index (χ1n) is 8.55. The second kappa shape index (κ2) is 7.69. The maximum atomic E-state index is 12.5. The Morgan fingerprint density at radius 2 is 2.07 bits per heavy atom. The molecule has 0 aliphatic carbocycles. The molecule has 9 heteroatoms. The molecule has 0 bridgehead atoms. The Bertz CT molecular complexity index is 1040. The molecular weight excluding hydrogens is 394 g/mol. The van der Waals surface area contributed by atoms with Crippen molar-refractivity contribution in [2.45, 2.75) is 6.92 Å². The van der Waals surface area contributed by atoms with Gasteiger partial charge in [-0.25, -0.2) is 4.90 Å². The van der Waals surface area contributed by atoms with Gasteiger partial charge in [-0.15, -0.1) is 0 Å². The third kappa shape index (κ3) is 3.27. The van der Waals surface area contributed by atoms with Crippen molar-refractivity contribution in [1.82, 2.24) is 9.47 Å². The summed E-state index contributed by atoms with van der Waals surface area (Å²) in [5.41, 5.74) is 1.95. The van der Waals surface area contributed by atoms with Crippen LogP contribution in [-0.2, 0) is 4.79 Å². The number of thioether (sulfide) groups is 1. The summed E-state index contributed by atoms with van der Waals surface area (Å²) in [6, 6.07) is 11.4. The van der Waals surface area contributed by atoms with Crippen molar-refractivity contribution in [3.05, 3.63) is 53.9 Å². The number of hydrogen-bond acceptors (Lipinski definition) is 6. The van der Waals surface area contributed by atoms with Crippen molar-refractivity contribution in [3.63, 3.8) is 0 Å². The molecule has 1 amide bonds. The van der Waals surface area contributed by atoms with E-state index in [-0.39, 0.29) is 11.4 Å². The highest BCUT2D eigenvalue weighted by atomic mass is 32.2. The fourth-order valence-electron chi connectivity index (χ4n) is 2.86. The lowest BCUT2D eigenvalue weighted by Gasteiger charge is -2.24. The highest BCUT2D eigenvalue weighted by Gasteiger charge is 2.37. The van der Waals surface area contributed by atoms with Crippen LogP contribution in [0, 0.1) is 5.41 Å². The average molecular weight is 412 g/mol. The van der Waals surface area contributed by atoms with E-state index >= 15 is 0 Å². The van der Waals surface area contributed by atoms with Gasteiger partial charge in [0.25, 0.3) is 5.91 Å². The average Bonchev–Trinajstić information content (AvgIpc) is 3.32. The number of fused-ring (bicyclic) bond motifs is 1. The van der Waals surface area contributed by atoms with E-state index in [1.807, 2.05) is 54.1 Å². The predicted octanol–water partition coefficient (Wildman–Crippen LogP) is 3.82. The molecule has 7 nitrogen and oxygen atoms in total. The Kier molecular flexibility index (Phi) is 5.10. The molecule has 2 aliphatic rings. The molecule has 2 aliphatic heterocycles. The number of rotatable bonds is 4. The second-order valence-corrected chi connectivity index (χ2v) is 7.80. The smallest absolute Gasteiger partial charge is 0.283 e. The number of carbonyl (C=O) groups is 1. The summed E-state index contributed by atoms with van der Waals surface area (Å²) in [6.45, 7) is 2.02. The first kappa shape index (κ1) is 18.6. The number of ether oxygens (including phenoxy) is 1. The zero-order chi connectivity index (χ0) is 19.7. The maximum absolute atomic E-state index is 12.5. The lowest BCUT2D eigenvalue weighted by molar-refractivity contribution is -0.114. The van der Waals surface area contributed by atoms with Gasteiger partial charge in [0.05, 0.1) is 24.6 Å². The molecule has 1 N–H and O–H groups in total. The molecule has 28 heavy (non-hydrogen) atoms. The Hall–Kier alpha value is -2.78. The Labute approximate surface area is 170 Å². The standard InChI is InChI=1S/C19H17N5O2S2/c1-3-27-19-22-28-18-21-17(25)15(16(20)24(18)19)11-13-5-4-10-23(13)12-6-8-14(26-2)9-7-12/h4-11,20H,3H2,1-2H3/b15-11-,20-16?. The largest absolute Gasteiger partial charge is 0.497 e. The number of methoxy groups -OCH3 is 1. The number of nitrogens with zero attached hydrogens (tertiary/aromatic N) is 4. The van der Waals surface area contributed by atoms with Crippen molar-refractivity contribution >= 4 is 51.9 Å². The lowest BCUT2D eigenvalue weighted by Crippen LogP contribution is -2.41. The van der Waals surface area contributed by atoms with Crippen LogP contribution in [0.5, 0.6) is 5.75 Å². The quantitative estimate of drug-likeness (QED) is 0.611. The highest BCUT2D eigenvalue weighted by molar-refractivity contribution is 8.19. The van der Waals surface area contributed by atoms with Crippen LogP contribution in [0.1, 0.15) is 12.6 Å². The normalized spacial score (nSPS) is 17.6. The van der Waals surface area contributed by atoms with Gasteiger partial charge in [-0.3, -0.25) is 10.2 Å². The molecule has 4 rings (SSSR count). The number of amidine groups is 3. The molecular formula is C19H17N5O2S2. The molecule has 0 unspecified atom stereocenters. The summed E-state index contributed by atoms with van der Waals surface area (Å²) in [7, 11) is 1.63. The predicted molar refractivity (Wildman–Crippen MR) is 115 cm³/mol. The van der Waals surface area contributed by atoms with Crippen molar-refractivity contribution < 1.29 is 9.53 Å². The van der Waals surface area contributed by atoms with Crippen LogP contribution in [0.15, 0.2) is 57.6 Å². The minimum Gasteiger partial charge on any atom is -0.497 e. The number of aromatic nitrogens is 1. The zero-order valence-electron chi connectivity index (χ0n) is 15.2. The summed E-state index contributed by atoms with van der Waals surface area (Å²) in [6.07, 6.45) is 3.61. The molecule has 0 saturated heterocycles. The lowest BCUT2D eigenvalue weighted by atomic mass is 10.1. The van der Waals surface area contributed by atoms with Crippen LogP contribution >= 0.6 is 23.7 Å². The SMILES string of the molecule is CCSC1=NSC2=NC(=O)/C(=C\c3cccn3-c3ccc(OC)cc3)C(=N)N12. The van der Waals surface area contributed by atoms with Gasteiger partial charge in [0.15, 0.2) is 5.17 Å². The van der Waals surface area contributed by atoms with E-state index in [2.05, 4.69) is 9.39 Å². The number of aliphatic imine (C=N–C) groups is 1. The second-order valence-electron chi connectivity index (χ2n) is 5.84. The van der Waals surface area contributed by atoms with Crippen molar-refractivity contribution in [3.8, 4) is 11.4 Å². The first-order chi connectivity index (χ1) is 13.6. The summed E-state index contributed by atoms with van der Waals surface area (Å²) in [5, 5.41) is 9.69.